The van der Waals surface area contributed by atoms with Crippen LogP contribution in [0.5, 0.6) is 0 Å². The molecular weight excluding hydrogens is 388 g/mol. The van der Waals surface area contributed by atoms with Crippen molar-refractivity contribution in [1.29, 1.82) is 10.5 Å². The molecule has 1 saturated carbocycles. The van der Waals surface area contributed by atoms with Crippen molar-refractivity contribution >= 4 is 23.3 Å². The van der Waals surface area contributed by atoms with Crippen molar-refractivity contribution in [2.45, 2.75) is 31.1 Å². The van der Waals surface area contributed by atoms with E-state index in [0.717, 1.165) is 0 Å². The Hall–Kier alpha value is -3.10. The minimum Gasteiger partial charge on any atom is -0.309 e. The maximum atomic E-state index is 13.8. The Bertz CT molecular complexity index is 981. The van der Waals surface area contributed by atoms with Gasteiger partial charge in [-0.15, -0.1) is 0 Å². The van der Waals surface area contributed by atoms with Crippen molar-refractivity contribution in [2.75, 3.05) is 5.32 Å². The van der Waals surface area contributed by atoms with Crippen LogP contribution in [-0.4, -0.2) is 21.8 Å². The molecule has 2 atom stereocenters. The molecule has 0 bridgehead atoms. The van der Waals surface area contributed by atoms with Gasteiger partial charge in [0, 0.05) is 12.8 Å². The third-order valence-electron chi connectivity index (χ3n) is 4.71. The molecular formula is C19H14ClF2N5O. The zero-order chi connectivity index (χ0) is 20.3. The SMILES string of the molecule is N#Cc1ccc([C@H](C(=O)Nc2cnc(Cl)cn2)[C@H]2CCC(F)(F)C2)cc1C#N. The molecule has 1 heterocycles. The van der Waals surface area contributed by atoms with Gasteiger partial charge in [-0.2, -0.15) is 10.5 Å². The number of anilines is 1. The lowest BCUT2D eigenvalue weighted by Gasteiger charge is -2.23. The number of amides is 1. The number of halogens is 3. The van der Waals surface area contributed by atoms with Crippen LogP contribution >= 0.6 is 11.6 Å². The summed E-state index contributed by atoms with van der Waals surface area (Å²) in [4.78, 5) is 20.7. The average molecular weight is 402 g/mol. The quantitative estimate of drug-likeness (QED) is 0.833. The lowest BCUT2D eigenvalue weighted by molar-refractivity contribution is -0.118. The predicted molar refractivity (Wildman–Crippen MR) is 96.6 cm³/mol. The lowest BCUT2D eigenvalue weighted by atomic mass is 9.83. The number of aromatic nitrogens is 2. The van der Waals surface area contributed by atoms with Crippen molar-refractivity contribution < 1.29 is 13.6 Å². The Balaban J connectivity index is 1.96. The van der Waals surface area contributed by atoms with Crippen LogP contribution in [0.15, 0.2) is 30.6 Å². The molecule has 1 N–H and O–H groups in total. The second kappa shape index (κ2) is 7.87. The van der Waals surface area contributed by atoms with Crippen molar-refractivity contribution in [3.05, 3.63) is 52.4 Å². The van der Waals surface area contributed by atoms with Gasteiger partial charge in [0.15, 0.2) is 5.82 Å². The zero-order valence-corrected chi connectivity index (χ0v) is 15.2. The molecule has 1 amide bonds. The van der Waals surface area contributed by atoms with Gasteiger partial charge < -0.3 is 5.32 Å². The predicted octanol–water partition coefficient (Wildman–Crippen LogP) is 4.03. The molecule has 9 heteroatoms. The van der Waals surface area contributed by atoms with E-state index in [4.69, 9.17) is 16.9 Å². The number of carbonyl (C=O) groups excluding carboxylic acids is 1. The van der Waals surface area contributed by atoms with Crippen LogP contribution in [0.1, 0.15) is 41.9 Å². The van der Waals surface area contributed by atoms with Gasteiger partial charge in [0.1, 0.15) is 17.3 Å². The lowest BCUT2D eigenvalue weighted by Crippen LogP contribution is -2.28. The first-order valence-electron chi connectivity index (χ1n) is 8.43. The number of hydrogen-bond donors (Lipinski definition) is 1. The number of hydrogen-bond acceptors (Lipinski definition) is 5. The molecule has 0 radical (unpaired) electrons. The summed E-state index contributed by atoms with van der Waals surface area (Å²) in [6.45, 7) is 0. The molecule has 1 aliphatic rings. The third-order valence-corrected chi connectivity index (χ3v) is 4.91. The van der Waals surface area contributed by atoms with Crippen LogP contribution in [0.25, 0.3) is 0 Å². The summed E-state index contributed by atoms with van der Waals surface area (Å²) in [5, 5.41) is 21.1. The number of rotatable bonds is 4. The van der Waals surface area contributed by atoms with Crippen LogP contribution in [-0.2, 0) is 4.79 Å². The smallest absolute Gasteiger partial charge is 0.248 e. The van der Waals surface area contributed by atoms with E-state index in [1.165, 1.54) is 30.6 Å². The molecule has 3 rings (SSSR count). The first-order valence-corrected chi connectivity index (χ1v) is 8.81. The highest BCUT2D eigenvalue weighted by Gasteiger charge is 2.45. The molecule has 1 aromatic carbocycles. The van der Waals surface area contributed by atoms with E-state index in [2.05, 4.69) is 15.3 Å². The zero-order valence-electron chi connectivity index (χ0n) is 14.5. The van der Waals surface area contributed by atoms with E-state index >= 15 is 0 Å². The highest BCUT2D eigenvalue weighted by Crippen LogP contribution is 2.46. The van der Waals surface area contributed by atoms with E-state index in [1.54, 1.807) is 0 Å². The fourth-order valence-corrected chi connectivity index (χ4v) is 3.53. The maximum absolute atomic E-state index is 13.8. The second-order valence-electron chi connectivity index (χ2n) is 6.58. The molecule has 0 aliphatic heterocycles. The molecule has 1 fully saturated rings. The number of carbonyl (C=O) groups is 1. The Morgan fingerprint density at radius 3 is 2.57 bits per heavy atom. The first kappa shape index (κ1) is 19.7. The standard InChI is InChI=1S/C19H14ClF2N5O/c20-15-9-26-16(10-25-15)27-18(28)17(12-3-4-19(21,22)6-12)11-1-2-13(7-23)14(5-11)8-24/h1-2,5,9-10,12,17H,3-4,6H2,(H,26,27,28)/t12-,17-/m0/s1. The fraction of sp³-hybridized carbons (Fsp3) is 0.316. The normalized spacial score (nSPS) is 18.7. The molecule has 6 nitrogen and oxygen atoms in total. The van der Waals surface area contributed by atoms with Gasteiger partial charge in [-0.05, 0) is 30.0 Å². The topological polar surface area (TPSA) is 102 Å². The highest BCUT2D eigenvalue weighted by molar-refractivity contribution is 6.29. The molecule has 1 aromatic heterocycles. The highest BCUT2D eigenvalue weighted by atomic mass is 35.5. The summed E-state index contributed by atoms with van der Waals surface area (Å²) in [5.74, 6) is -4.78. The molecule has 0 spiro atoms. The summed E-state index contributed by atoms with van der Waals surface area (Å²) in [7, 11) is 0. The first-order chi connectivity index (χ1) is 13.3. The Kier molecular flexibility index (Phi) is 5.53. The van der Waals surface area contributed by atoms with E-state index < -0.39 is 30.1 Å². The van der Waals surface area contributed by atoms with E-state index in [9.17, 15) is 18.8 Å². The Morgan fingerprint density at radius 1 is 1.25 bits per heavy atom. The van der Waals surface area contributed by atoms with E-state index in [1.807, 2.05) is 12.1 Å². The molecule has 28 heavy (non-hydrogen) atoms. The van der Waals surface area contributed by atoms with Gasteiger partial charge in [0.25, 0.3) is 0 Å². The summed E-state index contributed by atoms with van der Waals surface area (Å²) in [5.41, 5.74) is 0.650. The van der Waals surface area contributed by atoms with Gasteiger partial charge in [-0.1, -0.05) is 17.7 Å². The monoisotopic (exact) mass is 401 g/mol. The van der Waals surface area contributed by atoms with Crippen molar-refractivity contribution in [3.8, 4) is 12.1 Å². The largest absolute Gasteiger partial charge is 0.309 e. The van der Waals surface area contributed by atoms with Gasteiger partial charge in [0.2, 0.25) is 11.8 Å². The summed E-state index contributed by atoms with van der Waals surface area (Å²) < 4.78 is 27.6. The minimum atomic E-state index is -2.84. The summed E-state index contributed by atoms with van der Waals surface area (Å²) in [6.07, 6.45) is 1.95. The minimum absolute atomic E-state index is 0.0915. The van der Waals surface area contributed by atoms with Crippen molar-refractivity contribution in [3.63, 3.8) is 0 Å². The van der Waals surface area contributed by atoms with Crippen molar-refractivity contribution in [2.24, 2.45) is 5.92 Å². The fourth-order valence-electron chi connectivity index (χ4n) is 3.43. The van der Waals surface area contributed by atoms with Crippen LogP contribution in [0.4, 0.5) is 14.6 Å². The summed E-state index contributed by atoms with van der Waals surface area (Å²) >= 11 is 5.68. The average Bonchev–Trinajstić information content (AvgIpc) is 3.03. The van der Waals surface area contributed by atoms with Gasteiger partial charge in [0.05, 0.1) is 29.4 Å². The summed E-state index contributed by atoms with van der Waals surface area (Å²) in [6, 6.07) is 8.15. The maximum Gasteiger partial charge on any atom is 0.248 e. The van der Waals surface area contributed by atoms with Gasteiger partial charge in [-0.25, -0.2) is 18.7 Å². The molecule has 0 unspecified atom stereocenters. The number of benzene rings is 1. The molecule has 0 saturated heterocycles. The molecule has 2 aromatic rings. The van der Waals surface area contributed by atoms with E-state index in [0.29, 0.717) is 5.56 Å². The molecule has 142 valence electrons. The third kappa shape index (κ3) is 4.24. The van der Waals surface area contributed by atoms with Gasteiger partial charge in [-0.3, -0.25) is 4.79 Å². The Labute approximate surface area is 164 Å². The number of nitrogens with one attached hydrogen (secondary N) is 1. The second-order valence-corrected chi connectivity index (χ2v) is 6.97. The Morgan fingerprint density at radius 2 is 2.00 bits per heavy atom. The van der Waals surface area contributed by atoms with Crippen LogP contribution < -0.4 is 5.32 Å². The van der Waals surface area contributed by atoms with Crippen LogP contribution in [0.3, 0.4) is 0 Å². The number of nitrogens with zero attached hydrogens (tertiary/aromatic N) is 4. The number of alkyl halides is 2. The van der Waals surface area contributed by atoms with Crippen molar-refractivity contribution in [1.82, 2.24) is 9.97 Å². The molecule has 1 aliphatic carbocycles. The van der Waals surface area contributed by atoms with Crippen LogP contribution in [0, 0.1) is 28.6 Å². The van der Waals surface area contributed by atoms with Gasteiger partial charge >= 0.3 is 0 Å². The van der Waals surface area contributed by atoms with E-state index in [-0.39, 0.29) is 34.9 Å². The van der Waals surface area contributed by atoms with Crippen LogP contribution in [0.2, 0.25) is 5.15 Å². The number of nitriles is 2.